The van der Waals surface area contributed by atoms with E-state index in [1.54, 1.807) is 0 Å². The SMILES string of the molecule is Cc1cc(C)nc(N2CCC3(CC2)C(=O)N(CC2CC2)C(=O)N3Cc2ccccc2)n1. The standard InChI is InChI=1S/C24H29N5O2/c1-17-14-18(2)26-22(25-17)27-12-10-24(11-13-27)21(30)28(15-20-8-9-20)23(31)29(24)16-19-6-4-3-5-7-19/h3-7,14,20H,8-13,15-16H2,1-2H3. The number of piperidine rings is 1. The van der Waals surface area contributed by atoms with E-state index in [1.807, 2.05) is 55.1 Å². The first-order valence-corrected chi connectivity index (χ1v) is 11.2. The monoisotopic (exact) mass is 419 g/mol. The van der Waals surface area contributed by atoms with Gasteiger partial charge in [0.2, 0.25) is 5.95 Å². The second-order valence-corrected chi connectivity index (χ2v) is 9.18. The third-order valence-corrected chi connectivity index (χ3v) is 6.79. The number of rotatable bonds is 5. The predicted octanol–water partition coefficient (Wildman–Crippen LogP) is 3.31. The van der Waals surface area contributed by atoms with Gasteiger partial charge >= 0.3 is 6.03 Å². The number of urea groups is 1. The summed E-state index contributed by atoms with van der Waals surface area (Å²) < 4.78 is 0. The average Bonchev–Trinajstić information content (AvgIpc) is 3.57. The minimum absolute atomic E-state index is 0.0127. The molecule has 1 aliphatic carbocycles. The molecule has 7 nitrogen and oxygen atoms in total. The number of amides is 3. The van der Waals surface area contributed by atoms with Crippen LogP contribution in [0.3, 0.4) is 0 Å². The van der Waals surface area contributed by atoms with E-state index < -0.39 is 5.54 Å². The van der Waals surface area contributed by atoms with Gasteiger partial charge in [-0.3, -0.25) is 9.69 Å². The number of aryl methyl sites for hydroxylation is 2. The molecule has 3 fully saturated rings. The van der Waals surface area contributed by atoms with E-state index in [0.717, 1.165) is 29.8 Å². The van der Waals surface area contributed by atoms with E-state index in [1.165, 1.54) is 4.90 Å². The maximum Gasteiger partial charge on any atom is 0.327 e. The molecule has 2 aliphatic heterocycles. The van der Waals surface area contributed by atoms with Crippen LogP contribution in [0.25, 0.3) is 0 Å². The van der Waals surface area contributed by atoms with Crippen LogP contribution in [0.2, 0.25) is 0 Å². The molecule has 1 saturated carbocycles. The Balaban J connectivity index is 1.41. The molecule has 3 aliphatic rings. The van der Waals surface area contributed by atoms with Crippen molar-refractivity contribution in [2.24, 2.45) is 5.92 Å². The molecule has 0 atom stereocenters. The van der Waals surface area contributed by atoms with E-state index in [9.17, 15) is 9.59 Å². The van der Waals surface area contributed by atoms with E-state index in [4.69, 9.17) is 0 Å². The molecular formula is C24H29N5O2. The van der Waals surface area contributed by atoms with Crippen molar-refractivity contribution in [3.63, 3.8) is 0 Å². The Morgan fingerprint density at radius 1 is 1.00 bits per heavy atom. The normalized spacial score (nSPS) is 20.8. The average molecular weight is 420 g/mol. The molecule has 0 unspecified atom stereocenters. The van der Waals surface area contributed by atoms with Crippen LogP contribution >= 0.6 is 0 Å². The van der Waals surface area contributed by atoms with Crippen molar-refractivity contribution < 1.29 is 9.59 Å². The maximum absolute atomic E-state index is 13.6. The lowest BCUT2D eigenvalue weighted by Gasteiger charge is -2.42. The predicted molar refractivity (Wildman–Crippen MR) is 118 cm³/mol. The van der Waals surface area contributed by atoms with Crippen LogP contribution in [0.4, 0.5) is 10.7 Å². The van der Waals surface area contributed by atoms with Crippen molar-refractivity contribution in [3.8, 4) is 0 Å². The quantitative estimate of drug-likeness (QED) is 0.696. The molecule has 5 rings (SSSR count). The molecule has 1 aromatic heterocycles. The van der Waals surface area contributed by atoms with Gasteiger partial charge in [0, 0.05) is 37.6 Å². The van der Waals surface area contributed by atoms with Gasteiger partial charge in [-0.15, -0.1) is 0 Å². The summed E-state index contributed by atoms with van der Waals surface area (Å²) in [5.41, 5.74) is 2.17. The van der Waals surface area contributed by atoms with Crippen LogP contribution in [0, 0.1) is 19.8 Å². The van der Waals surface area contributed by atoms with E-state index in [2.05, 4.69) is 14.9 Å². The molecule has 1 spiro atoms. The molecule has 3 amide bonds. The van der Waals surface area contributed by atoms with Gasteiger partial charge < -0.3 is 9.80 Å². The third kappa shape index (κ3) is 3.66. The maximum atomic E-state index is 13.6. The van der Waals surface area contributed by atoms with Crippen LogP contribution in [-0.4, -0.2) is 56.9 Å². The Labute approximate surface area is 183 Å². The number of aromatic nitrogens is 2. The summed E-state index contributed by atoms with van der Waals surface area (Å²) in [6, 6.07) is 11.8. The molecule has 3 heterocycles. The first kappa shape index (κ1) is 20.0. The second-order valence-electron chi connectivity index (χ2n) is 9.18. The summed E-state index contributed by atoms with van der Waals surface area (Å²) in [5.74, 6) is 1.18. The smallest absolute Gasteiger partial charge is 0.327 e. The minimum Gasteiger partial charge on any atom is -0.341 e. The number of benzene rings is 1. The Hall–Kier alpha value is -2.96. The van der Waals surface area contributed by atoms with Gasteiger partial charge in [0.15, 0.2) is 0 Å². The lowest BCUT2D eigenvalue weighted by molar-refractivity contribution is -0.134. The molecule has 0 N–H and O–H groups in total. The summed E-state index contributed by atoms with van der Waals surface area (Å²) >= 11 is 0. The summed E-state index contributed by atoms with van der Waals surface area (Å²) in [4.78, 5) is 41.7. The molecule has 2 saturated heterocycles. The number of carbonyl (C=O) groups excluding carboxylic acids is 2. The van der Waals surface area contributed by atoms with Crippen molar-refractivity contribution in [3.05, 3.63) is 53.3 Å². The molecule has 0 radical (unpaired) electrons. The number of hydrogen-bond donors (Lipinski definition) is 0. The first-order valence-electron chi connectivity index (χ1n) is 11.2. The van der Waals surface area contributed by atoms with E-state index in [0.29, 0.717) is 50.9 Å². The Morgan fingerprint density at radius 2 is 1.65 bits per heavy atom. The zero-order valence-corrected chi connectivity index (χ0v) is 18.3. The summed E-state index contributed by atoms with van der Waals surface area (Å²) in [6.45, 7) is 6.29. The van der Waals surface area contributed by atoms with Crippen molar-refractivity contribution in [2.75, 3.05) is 24.5 Å². The molecular weight excluding hydrogens is 390 g/mol. The van der Waals surface area contributed by atoms with Gasteiger partial charge in [0.25, 0.3) is 5.91 Å². The molecule has 1 aromatic carbocycles. The highest BCUT2D eigenvalue weighted by atomic mass is 16.2. The largest absolute Gasteiger partial charge is 0.341 e. The van der Waals surface area contributed by atoms with Crippen molar-refractivity contribution in [2.45, 2.75) is 51.6 Å². The van der Waals surface area contributed by atoms with Gasteiger partial charge in [-0.2, -0.15) is 0 Å². The molecule has 162 valence electrons. The zero-order chi connectivity index (χ0) is 21.6. The van der Waals surface area contributed by atoms with Gasteiger partial charge in [-0.25, -0.2) is 14.8 Å². The van der Waals surface area contributed by atoms with Crippen LogP contribution < -0.4 is 4.90 Å². The van der Waals surface area contributed by atoms with Crippen molar-refractivity contribution in [1.29, 1.82) is 0 Å². The van der Waals surface area contributed by atoms with Crippen molar-refractivity contribution in [1.82, 2.24) is 19.8 Å². The minimum atomic E-state index is -0.767. The topological polar surface area (TPSA) is 69.6 Å². The number of imide groups is 1. The fourth-order valence-corrected chi connectivity index (χ4v) is 4.90. The third-order valence-electron chi connectivity index (χ3n) is 6.79. The van der Waals surface area contributed by atoms with Crippen molar-refractivity contribution >= 4 is 17.9 Å². The van der Waals surface area contributed by atoms with Gasteiger partial charge in [0.05, 0.1) is 0 Å². The summed E-state index contributed by atoms with van der Waals surface area (Å²) in [5, 5.41) is 0. The highest BCUT2D eigenvalue weighted by Crippen LogP contribution is 2.41. The van der Waals surface area contributed by atoms with Crippen LogP contribution in [0.1, 0.15) is 42.6 Å². The molecule has 31 heavy (non-hydrogen) atoms. The summed E-state index contributed by atoms with van der Waals surface area (Å²) in [7, 11) is 0. The Morgan fingerprint density at radius 3 is 2.26 bits per heavy atom. The lowest BCUT2D eigenvalue weighted by atomic mass is 9.85. The van der Waals surface area contributed by atoms with Gasteiger partial charge in [-0.05, 0) is 57.1 Å². The van der Waals surface area contributed by atoms with E-state index >= 15 is 0 Å². The highest BCUT2D eigenvalue weighted by Gasteiger charge is 2.58. The number of carbonyl (C=O) groups is 2. The summed E-state index contributed by atoms with van der Waals surface area (Å²) in [6.07, 6.45) is 3.42. The van der Waals surface area contributed by atoms with Crippen LogP contribution in [0.5, 0.6) is 0 Å². The number of hydrogen-bond acceptors (Lipinski definition) is 5. The van der Waals surface area contributed by atoms with Crippen LogP contribution in [0.15, 0.2) is 36.4 Å². The zero-order valence-electron chi connectivity index (χ0n) is 18.3. The fraction of sp³-hybridized carbons (Fsp3) is 0.500. The Kier molecular flexibility index (Phi) is 4.91. The second kappa shape index (κ2) is 7.62. The number of nitrogens with zero attached hydrogens (tertiary/aromatic N) is 5. The van der Waals surface area contributed by atoms with Gasteiger partial charge in [0.1, 0.15) is 5.54 Å². The molecule has 0 bridgehead atoms. The Bertz CT molecular complexity index is 976. The molecule has 7 heteroatoms. The fourth-order valence-electron chi connectivity index (χ4n) is 4.90. The molecule has 2 aromatic rings. The van der Waals surface area contributed by atoms with Crippen LogP contribution in [-0.2, 0) is 11.3 Å². The highest BCUT2D eigenvalue weighted by molar-refractivity contribution is 6.07. The number of anilines is 1. The van der Waals surface area contributed by atoms with Gasteiger partial charge in [-0.1, -0.05) is 30.3 Å². The first-order chi connectivity index (χ1) is 15.0. The van der Waals surface area contributed by atoms with E-state index in [-0.39, 0.29) is 11.9 Å². The lowest BCUT2D eigenvalue weighted by Crippen LogP contribution is -2.56.